The number of hydrogen-bond donors (Lipinski definition) is 3. The molecule has 3 amide bonds. The van der Waals surface area contributed by atoms with E-state index in [1.54, 1.807) is 13.3 Å². The zero-order valence-electron chi connectivity index (χ0n) is 23.4. The Balaban J connectivity index is 1.21. The van der Waals surface area contributed by atoms with Crippen molar-refractivity contribution in [2.75, 3.05) is 57.4 Å². The lowest BCUT2D eigenvalue weighted by Crippen LogP contribution is -2.45. The van der Waals surface area contributed by atoms with Crippen LogP contribution in [0.1, 0.15) is 28.3 Å². The minimum atomic E-state index is -0.692. The molecule has 2 atom stereocenters. The summed E-state index contributed by atoms with van der Waals surface area (Å²) in [5.41, 5.74) is 3.69. The number of aromatic nitrogens is 1. The molecule has 1 fully saturated rings. The van der Waals surface area contributed by atoms with Crippen molar-refractivity contribution < 1.29 is 28.6 Å². The van der Waals surface area contributed by atoms with E-state index in [-0.39, 0.29) is 44.2 Å². The van der Waals surface area contributed by atoms with Gasteiger partial charge in [0.05, 0.1) is 38.5 Å². The molecule has 1 aliphatic carbocycles. The molecule has 3 aliphatic rings. The van der Waals surface area contributed by atoms with Crippen LogP contribution in [0.25, 0.3) is 0 Å². The molecule has 42 heavy (non-hydrogen) atoms. The maximum Gasteiger partial charge on any atom is 0.249 e. The van der Waals surface area contributed by atoms with Gasteiger partial charge < -0.3 is 29.7 Å². The summed E-state index contributed by atoms with van der Waals surface area (Å²) in [4.78, 5) is 45.7. The maximum absolute atomic E-state index is 13.4. The van der Waals surface area contributed by atoms with Gasteiger partial charge in [0.2, 0.25) is 17.7 Å². The molecule has 3 N–H and O–H groups in total. The number of carbonyl (C=O) groups is 3. The fourth-order valence-electron chi connectivity index (χ4n) is 6.03. The summed E-state index contributed by atoms with van der Waals surface area (Å²) in [7, 11) is 1.58. The van der Waals surface area contributed by atoms with Crippen LogP contribution in [0.2, 0.25) is 0 Å². The summed E-state index contributed by atoms with van der Waals surface area (Å²) in [6.07, 6.45) is 2.76. The Morgan fingerprint density at radius 2 is 1.95 bits per heavy atom. The second-order valence-corrected chi connectivity index (χ2v) is 10.7. The van der Waals surface area contributed by atoms with Crippen LogP contribution in [0.5, 0.6) is 5.75 Å². The van der Waals surface area contributed by atoms with E-state index in [0.29, 0.717) is 43.2 Å². The summed E-state index contributed by atoms with van der Waals surface area (Å²) in [5, 5.41) is 9.11. The van der Waals surface area contributed by atoms with Crippen molar-refractivity contribution in [3.05, 3.63) is 83.0 Å². The smallest absolute Gasteiger partial charge is 0.249 e. The van der Waals surface area contributed by atoms with E-state index in [1.807, 2.05) is 54.6 Å². The zero-order chi connectivity index (χ0) is 29.1. The van der Waals surface area contributed by atoms with Crippen molar-refractivity contribution in [1.29, 1.82) is 0 Å². The lowest BCUT2D eigenvalue weighted by Gasteiger charge is -2.32. The van der Waals surface area contributed by atoms with E-state index < -0.39 is 11.5 Å². The first-order chi connectivity index (χ1) is 20.5. The molecule has 1 aromatic heterocycles. The average molecular weight is 572 g/mol. The fourth-order valence-corrected chi connectivity index (χ4v) is 6.03. The Morgan fingerprint density at radius 3 is 2.83 bits per heavy atom. The summed E-state index contributed by atoms with van der Waals surface area (Å²) >= 11 is 0. The molecule has 0 bridgehead atoms. The number of amides is 3. The van der Waals surface area contributed by atoms with Crippen molar-refractivity contribution in [2.24, 2.45) is 0 Å². The number of benzene rings is 2. The molecular formula is C31H33N5O6. The molecule has 0 saturated carbocycles. The lowest BCUT2D eigenvalue weighted by molar-refractivity contribution is -0.141. The topological polar surface area (TPSA) is 131 Å². The third-order valence-electron chi connectivity index (χ3n) is 8.09. The van der Waals surface area contributed by atoms with Gasteiger partial charge in [-0.15, -0.1) is 0 Å². The third kappa shape index (κ3) is 5.46. The Kier molecular flexibility index (Phi) is 7.88. The van der Waals surface area contributed by atoms with Crippen LogP contribution in [0.15, 0.2) is 60.8 Å². The predicted octanol–water partition coefficient (Wildman–Crippen LogP) is 2.18. The van der Waals surface area contributed by atoms with E-state index in [0.717, 1.165) is 22.3 Å². The molecule has 0 radical (unpaired) electrons. The van der Waals surface area contributed by atoms with E-state index in [2.05, 4.69) is 20.9 Å². The molecular weight excluding hydrogens is 538 g/mol. The summed E-state index contributed by atoms with van der Waals surface area (Å²) in [5.74, 6) is 0.553. The first kappa shape index (κ1) is 27.8. The molecule has 3 aromatic rings. The highest BCUT2D eigenvalue weighted by molar-refractivity contribution is 6.06. The van der Waals surface area contributed by atoms with E-state index >= 15 is 0 Å². The number of rotatable bonds is 5. The van der Waals surface area contributed by atoms with Crippen LogP contribution >= 0.6 is 0 Å². The van der Waals surface area contributed by atoms with Gasteiger partial charge in [-0.2, -0.15) is 0 Å². The monoisotopic (exact) mass is 571 g/mol. The van der Waals surface area contributed by atoms with Gasteiger partial charge in [0.1, 0.15) is 24.7 Å². The second-order valence-electron chi connectivity index (χ2n) is 10.7. The number of carbonyl (C=O) groups excluding carboxylic acids is 3. The third-order valence-corrected chi connectivity index (χ3v) is 8.09. The van der Waals surface area contributed by atoms with E-state index in [9.17, 15) is 14.4 Å². The number of hydrogen-bond acceptors (Lipinski definition) is 8. The van der Waals surface area contributed by atoms with Gasteiger partial charge in [-0.1, -0.05) is 24.3 Å². The molecule has 2 unspecified atom stereocenters. The van der Waals surface area contributed by atoms with Gasteiger partial charge in [-0.25, -0.2) is 4.98 Å². The summed E-state index contributed by atoms with van der Waals surface area (Å²) in [6, 6.07) is 16.5. The molecule has 3 heterocycles. The second kappa shape index (κ2) is 11.9. The van der Waals surface area contributed by atoms with Crippen LogP contribution in [0.4, 0.5) is 11.5 Å². The number of methoxy groups -OCH3 is 1. The van der Waals surface area contributed by atoms with Gasteiger partial charge in [0.15, 0.2) is 0 Å². The molecule has 1 spiro atoms. The largest absolute Gasteiger partial charge is 0.497 e. The minimum Gasteiger partial charge on any atom is -0.497 e. The Morgan fingerprint density at radius 1 is 1.10 bits per heavy atom. The van der Waals surface area contributed by atoms with Crippen molar-refractivity contribution in [1.82, 2.24) is 15.2 Å². The first-order valence-corrected chi connectivity index (χ1v) is 13.9. The van der Waals surface area contributed by atoms with Crippen LogP contribution in [0, 0.1) is 0 Å². The van der Waals surface area contributed by atoms with Crippen LogP contribution in [-0.4, -0.2) is 74.4 Å². The Bertz CT molecular complexity index is 1510. The van der Waals surface area contributed by atoms with Crippen LogP contribution in [0.3, 0.4) is 0 Å². The number of nitrogens with one attached hydrogen (secondary N) is 3. The van der Waals surface area contributed by atoms with Crippen molar-refractivity contribution >= 4 is 29.2 Å². The summed E-state index contributed by atoms with van der Waals surface area (Å²) < 4.78 is 16.5. The van der Waals surface area contributed by atoms with Gasteiger partial charge in [0.25, 0.3) is 0 Å². The van der Waals surface area contributed by atoms with E-state index in [1.165, 1.54) is 4.90 Å². The summed E-state index contributed by atoms with van der Waals surface area (Å²) in [6.45, 7) is 0.921. The number of fused-ring (bicyclic) bond motifs is 3. The highest BCUT2D eigenvalue weighted by Gasteiger charge is 2.51. The van der Waals surface area contributed by atoms with Crippen LogP contribution < -0.4 is 20.7 Å². The standard InChI is InChI=1S/C31H33N5O6/c1-40-24-5-2-4-20(13-24)26-16-32-19-42-11-10-41-18-28(38)36(26)17-27(37)34-23-8-7-21-14-31(15-22(21)12-23)25-6-3-9-33-29(25)35-30(31)39/h2-9,12-13,26,32H,10-11,14-19H2,1H3,(H,34,37)(H,33,35,39). The molecule has 1 saturated heterocycles. The van der Waals surface area contributed by atoms with Gasteiger partial charge in [-0.05, 0) is 59.9 Å². The van der Waals surface area contributed by atoms with Crippen molar-refractivity contribution in [3.8, 4) is 5.75 Å². The highest BCUT2D eigenvalue weighted by atomic mass is 16.5. The zero-order valence-corrected chi connectivity index (χ0v) is 23.4. The average Bonchev–Trinajstić information content (AvgIpc) is 3.50. The molecule has 11 heteroatoms. The maximum atomic E-state index is 13.4. The van der Waals surface area contributed by atoms with Crippen molar-refractivity contribution in [2.45, 2.75) is 24.3 Å². The van der Waals surface area contributed by atoms with Gasteiger partial charge >= 0.3 is 0 Å². The van der Waals surface area contributed by atoms with Gasteiger partial charge in [0, 0.05) is 24.0 Å². The normalized spacial score (nSPS) is 22.2. The molecule has 6 rings (SSSR count). The molecule has 11 nitrogen and oxygen atoms in total. The highest BCUT2D eigenvalue weighted by Crippen LogP contribution is 2.47. The molecule has 2 aliphatic heterocycles. The number of nitrogens with zero attached hydrogens (tertiary/aromatic N) is 2. The number of anilines is 2. The van der Waals surface area contributed by atoms with Gasteiger partial charge in [-0.3, -0.25) is 19.7 Å². The predicted molar refractivity (Wildman–Crippen MR) is 154 cm³/mol. The Labute approximate surface area is 243 Å². The quantitative estimate of drug-likeness (QED) is 0.425. The van der Waals surface area contributed by atoms with Crippen LogP contribution in [-0.2, 0) is 42.1 Å². The fraction of sp³-hybridized carbons (Fsp3) is 0.355. The molecule has 218 valence electrons. The number of ether oxygens (including phenoxy) is 3. The SMILES string of the molecule is COc1cccc(C2CNCOCCOCC(=O)N2CC(=O)Nc2ccc3c(c2)CC2(C3)C(=O)Nc3ncccc32)c1. The number of pyridine rings is 1. The molecule has 2 aromatic carbocycles. The van der Waals surface area contributed by atoms with E-state index in [4.69, 9.17) is 14.2 Å². The Hall–Kier alpha value is -4.32. The minimum absolute atomic E-state index is 0.0547. The first-order valence-electron chi connectivity index (χ1n) is 13.9. The van der Waals surface area contributed by atoms with Crippen molar-refractivity contribution in [3.63, 3.8) is 0 Å². The lowest BCUT2D eigenvalue weighted by atomic mass is 9.79.